The van der Waals surface area contributed by atoms with Crippen molar-refractivity contribution < 1.29 is 61.9 Å². The number of carbonyl (C=O) groups excluding carboxylic acids is 5. The van der Waals surface area contributed by atoms with Gasteiger partial charge in [-0.2, -0.15) is 0 Å². The van der Waals surface area contributed by atoms with Crippen LogP contribution < -0.4 is 9.64 Å². The Morgan fingerprint density at radius 1 is 0.708 bits per heavy atom. The maximum absolute atomic E-state index is 14.0. The molecular formula is C51H50FNO12. The Hall–Kier alpha value is -6.90. The number of hydrogen-bond acceptors (Lipinski definition) is 12. The van der Waals surface area contributed by atoms with Gasteiger partial charge in [0.1, 0.15) is 37.0 Å². The van der Waals surface area contributed by atoms with Gasteiger partial charge in [0, 0.05) is 38.9 Å². The zero-order chi connectivity index (χ0) is 46.2. The summed E-state index contributed by atoms with van der Waals surface area (Å²) in [6, 6.07) is 37.3. The van der Waals surface area contributed by atoms with Crippen LogP contribution in [0.2, 0.25) is 0 Å². The van der Waals surface area contributed by atoms with Gasteiger partial charge in [-0.3, -0.25) is 24.0 Å². The van der Waals surface area contributed by atoms with E-state index in [4.69, 9.17) is 28.4 Å². The number of β-lactam (4-membered cyclic amide) rings is 1. The van der Waals surface area contributed by atoms with Gasteiger partial charge in [0.15, 0.2) is 18.3 Å². The van der Waals surface area contributed by atoms with Crippen molar-refractivity contribution in [3.8, 4) is 16.9 Å². The van der Waals surface area contributed by atoms with Gasteiger partial charge in [-0.05, 0) is 71.0 Å². The van der Waals surface area contributed by atoms with E-state index in [0.29, 0.717) is 29.0 Å². The highest BCUT2D eigenvalue weighted by atomic mass is 19.1. The van der Waals surface area contributed by atoms with Crippen LogP contribution in [-0.4, -0.2) is 65.9 Å². The summed E-state index contributed by atoms with van der Waals surface area (Å²) < 4.78 is 48.8. The summed E-state index contributed by atoms with van der Waals surface area (Å²) >= 11 is 0. The van der Waals surface area contributed by atoms with Gasteiger partial charge in [-0.15, -0.1) is 0 Å². The van der Waals surface area contributed by atoms with Crippen molar-refractivity contribution in [3.05, 3.63) is 155 Å². The quantitative estimate of drug-likeness (QED) is 0.0576. The first kappa shape index (κ1) is 46.1. The fourth-order valence-electron chi connectivity index (χ4n) is 8.43. The lowest BCUT2D eigenvalue weighted by Crippen LogP contribution is -2.59. The minimum Gasteiger partial charge on any atom is -0.489 e. The molecule has 0 bridgehead atoms. The Kier molecular flexibility index (Phi) is 14.7. The van der Waals surface area contributed by atoms with E-state index < -0.39 is 78.3 Å². The minimum absolute atomic E-state index is 0.0941. The number of hydrogen-bond donors (Lipinski definition) is 1. The molecule has 2 fully saturated rings. The van der Waals surface area contributed by atoms with Gasteiger partial charge in [0.2, 0.25) is 5.91 Å². The molecule has 2 saturated heterocycles. The van der Waals surface area contributed by atoms with Crippen molar-refractivity contribution in [2.75, 3.05) is 11.5 Å². The Bertz CT molecular complexity index is 2470. The number of para-hydroxylation sites is 1. The van der Waals surface area contributed by atoms with Crippen LogP contribution in [0.25, 0.3) is 11.1 Å². The van der Waals surface area contributed by atoms with E-state index >= 15 is 0 Å². The van der Waals surface area contributed by atoms with Crippen LogP contribution >= 0.6 is 0 Å². The fourth-order valence-corrected chi connectivity index (χ4v) is 8.43. The zero-order valence-electron chi connectivity index (χ0n) is 36.3. The van der Waals surface area contributed by atoms with Crippen molar-refractivity contribution in [1.29, 1.82) is 0 Å². The second-order valence-electron chi connectivity index (χ2n) is 16.0. The molecule has 0 unspecified atom stereocenters. The number of carbonyl (C=O) groups is 5. The fraction of sp³-hybridized carbons (Fsp3) is 0.314. The van der Waals surface area contributed by atoms with E-state index in [0.717, 1.165) is 29.2 Å². The number of ether oxygens (including phenoxy) is 6. The standard InChI is InChI=1S/C51H50FNO12/c1-30(54)60-29-45-48(62-31(2)55)50(64-33(4)57)49(63-32(3)56)47(65-45)37-17-15-35(16-18-37)38-21-24-41(44(27-38)61-28-34-11-7-5-8-12-34)46-42(51(59)53(46)40-13-9-6-10-14-40)25-26-43(58)36-19-22-39(52)23-20-36/h5-24,27,42-43,45-50,58H,25-26,28-29H2,1-4H3/t42-,43+,45-,46-,47+,48-,49+,50+/m1/s1. The molecule has 13 nitrogen and oxygen atoms in total. The summed E-state index contributed by atoms with van der Waals surface area (Å²) in [6.07, 6.45) is -6.32. The predicted octanol–water partition coefficient (Wildman–Crippen LogP) is 8.09. The molecule has 8 atom stereocenters. The molecule has 14 heteroatoms. The number of anilines is 1. The molecule has 0 aliphatic carbocycles. The Morgan fingerprint density at radius 3 is 1.94 bits per heavy atom. The smallest absolute Gasteiger partial charge is 0.303 e. The van der Waals surface area contributed by atoms with E-state index in [9.17, 15) is 33.5 Å². The van der Waals surface area contributed by atoms with Gasteiger partial charge < -0.3 is 38.4 Å². The third-order valence-corrected chi connectivity index (χ3v) is 11.4. The van der Waals surface area contributed by atoms with Gasteiger partial charge in [-0.25, -0.2) is 4.39 Å². The second-order valence-corrected chi connectivity index (χ2v) is 16.0. The van der Waals surface area contributed by atoms with Crippen molar-refractivity contribution in [3.63, 3.8) is 0 Å². The summed E-state index contributed by atoms with van der Waals surface area (Å²) in [6.45, 7) is 4.62. The topological polar surface area (TPSA) is 164 Å². The summed E-state index contributed by atoms with van der Waals surface area (Å²) in [5.74, 6) is -3.24. The zero-order valence-corrected chi connectivity index (χ0v) is 36.3. The van der Waals surface area contributed by atoms with Gasteiger partial charge in [-0.1, -0.05) is 97.1 Å². The predicted molar refractivity (Wildman–Crippen MR) is 234 cm³/mol. The van der Waals surface area contributed by atoms with Crippen molar-refractivity contribution in [2.45, 2.75) is 89.8 Å². The van der Waals surface area contributed by atoms with Crippen molar-refractivity contribution in [1.82, 2.24) is 0 Å². The lowest BCUT2D eigenvalue weighted by molar-refractivity contribution is -0.254. The van der Waals surface area contributed by atoms with E-state index in [-0.39, 0.29) is 25.5 Å². The first-order valence-electron chi connectivity index (χ1n) is 21.3. The Labute approximate surface area is 376 Å². The average molecular weight is 888 g/mol. The van der Waals surface area contributed by atoms with Crippen molar-refractivity contribution >= 4 is 35.5 Å². The molecule has 65 heavy (non-hydrogen) atoms. The molecule has 0 aromatic heterocycles. The van der Waals surface area contributed by atoms with Gasteiger partial charge in [0.25, 0.3) is 0 Å². The van der Waals surface area contributed by atoms with Gasteiger partial charge in [0.05, 0.1) is 18.1 Å². The SMILES string of the molecule is CC(=O)OC[C@H]1O[C@@H](c2ccc(-c3ccc([C@@H]4[C@@H](CC[C@H](O)c5ccc(F)cc5)C(=O)N4c4ccccc4)c(OCc4ccccc4)c3)cc2)[C@H](OC(C)=O)[C@@H](OC(C)=O)[C@@H]1OC(C)=O. The summed E-state index contributed by atoms with van der Waals surface area (Å²) in [5, 5.41) is 11.1. The highest BCUT2D eigenvalue weighted by Gasteiger charge is 2.53. The van der Waals surface area contributed by atoms with Crippen LogP contribution in [0.15, 0.2) is 127 Å². The van der Waals surface area contributed by atoms with Crippen LogP contribution in [0.4, 0.5) is 10.1 Å². The molecule has 1 N–H and O–H groups in total. The number of aliphatic hydroxyl groups excluding tert-OH is 1. The van der Waals surface area contributed by atoms with Crippen molar-refractivity contribution in [2.24, 2.45) is 5.92 Å². The molecule has 5 aromatic carbocycles. The average Bonchev–Trinajstić information content (AvgIpc) is 3.28. The molecule has 5 aromatic rings. The Balaban J connectivity index is 1.23. The normalized spacial score (nSPS) is 21.9. The highest BCUT2D eigenvalue weighted by molar-refractivity contribution is 6.03. The van der Waals surface area contributed by atoms with Crippen LogP contribution in [-0.2, 0) is 54.3 Å². The molecule has 338 valence electrons. The van der Waals surface area contributed by atoms with Gasteiger partial charge >= 0.3 is 23.9 Å². The number of amides is 1. The molecule has 0 saturated carbocycles. The Morgan fingerprint density at radius 2 is 1.31 bits per heavy atom. The third kappa shape index (κ3) is 11.1. The van der Waals surface area contributed by atoms with E-state index in [2.05, 4.69) is 0 Å². The first-order valence-corrected chi connectivity index (χ1v) is 21.3. The summed E-state index contributed by atoms with van der Waals surface area (Å²) in [7, 11) is 0. The second kappa shape index (κ2) is 20.7. The molecule has 0 radical (unpaired) electrons. The molecule has 1 amide bonds. The van der Waals surface area contributed by atoms with E-state index in [1.54, 1.807) is 29.2 Å². The summed E-state index contributed by atoms with van der Waals surface area (Å²) in [5.41, 5.74) is 5.02. The molecular weight excluding hydrogens is 838 g/mol. The number of nitrogens with zero attached hydrogens (tertiary/aromatic N) is 1. The van der Waals surface area contributed by atoms with Crippen LogP contribution in [0.5, 0.6) is 5.75 Å². The van der Waals surface area contributed by atoms with E-state index in [1.807, 2.05) is 91.0 Å². The number of aliphatic hydroxyl groups is 1. The lowest BCUT2D eigenvalue weighted by atomic mass is 9.77. The minimum atomic E-state index is -1.32. The lowest BCUT2D eigenvalue weighted by Gasteiger charge is -2.48. The molecule has 7 rings (SSSR count). The van der Waals surface area contributed by atoms with Crippen LogP contribution in [0, 0.1) is 11.7 Å². The number of halogens is 1. The molecule has 2 heterocycles. The maximum atomic E-state index is 14.0. The highest BCUT2D eigenvalue weighted by Crippen LogP contribution is 2.50. The number of rotatable bonds is 16. The third-order valence-electron chi connectivity index (χ3n) is 11.4. The van der Waals surface area contributed by atoms with Crippen LogP contribution in [0.1, 0.15) is 81.0 Å². The van der Waals surface area contributed by atoms with E-state index in [1.165, 1.54) is 32.9 Å². The molecule has 2 aliphatic heterocycles. The maximum Gasteiger partial charge on any atom is 0.303 e. The first-order chi connectivity index (χ1) is 31.3. The number of esters is 4. The molecule has 2 aliphatic rings. The van der Waals surface area contributed by atoms with Crippen LogP contribution in [0.3, 0.4) is 0 Å². The molecule has 0 spiro atoms. The number of benzene rings is 5. The monoisotopic (exact) mass is 887 g/mol. The largest absolute Gasteiger partial charge is 0.489 e. The summed E-state index contributed by atoms with van der Waals surface area (Å²) in [4.78, 5) is 64.8.